The summed E-state index contributed by atoms with van der Waals surface area (Å²) in [5, 5.41) is 0. The van der Waals surface area contributed by atoms with Crippen molar-refractivity contribution in [3.8, 4) is 0 Å². The van der Waals surface area contributed by atoms with E-state index in [9.17, 15) is 14.4 Å². The van der Waals surface area contributed by atoms with Crippen molar-refractivity contribution in [3.63, 3.8) is 0 Å². The van der Waals surface area contributed by atoms with Crippen molar-refractivity contribution in [3.05, 3.63) is 0 Å². The Bertz CT molecular complexity index is 383. The molecule has 1 unspecified atom stereocenters. The highest BCUT2D eigenvalue weighted by Gasteiger charge is 2.42. The quantitative estimate of drug-likeness (QED) is 0.526. The highest BCUT2D eigenvalue weighted by atomic mass is 16.5. The molecule has 0 aromatic heterocycles. The normalized spacial score (nSPS) is 22.7. The maximum Gasteiger partial charge on any atom is 0.325 e. The second-order valence-corrected chi connectivity index (χ2v) is 5.01. The van der Waals surface area contributed by atoms with Gasteiger partial charge in [-0.15, -0.1) is 0 Å². The first-order valence-corrected chi connectivity index (χ1v) is 6.87. The van der Waals surface area contributed by atoms with Crippen LogP contribution in [0.5, 0.6) is 0 Å². The smallest absolute Gasteiger partial charge is 0.325 e. The zero-order valence-corrected chi connectivity index (χ0v) is 11.3. The van der Waals surface area contributed by atoms with Crippen molar-refractivity contribution in [2.75, 3.05) is 26.2 Å². The van der Waals surface area contributed by atoms with Crippen LogP contribution >= 0.6 is 0 Å². The molecule has 106 valence electrons. The minimum Gasteiger partial charge on any atom is -0.464 e. The summed E-state index contributed by atoms with van der Waals surface area (Å²) in [6.45, 7) is 2.93. The van der Waals surface area contributed by atoms with Gasteiger partial charge in [-0.25, -0.2) is 0 Å². The minimum absolute atomic E-state index is 0.00177. The van der Waals surface area contributed by atoms with Crippen LogP contribution in [-0.2, 0) is 19.1 Å². The van der Waals surface area contributed by atoms with Crippen molar-refractivity contribution in [2.45, 2.75) is 38.6 Å². The molecule has 2 aliphatic heterocycles. The van der Waals surface area contributed by atoms with E-state index < -0.39 is 5.97 Å². The SMILES string of the molecule is CCCCOC(=O)CN1CC(=O)N2CCCC2C1=O. The Balaban J connectivity index is 1.88. The van der Waals surface area contributed by atoms with Gasteiger partial charge >= 0.3 is 5.97 Å². The fraction of sp³-hybridized carbons (Fsp3) is 0.769. The van der Waals surface area contributed by atoms with E-state index in [1.807, 2.05) is 6.92 Å². The number of piperazine rings is 1. The zero-order chi connectivity index (χ0) is 13.8. The molecule has 0 aromatic rings. The Morgan fingerprint density at radius 2 is 2.21 bits per heavy atom. The molecule has 6 nitrogen and oxygen atoms in total. The minimum atomic E-state index is -0.430. The molecule has 2 heterocycles. The lowest BCUT2D eigenvalue weighted by Gasteiger charge is -2.35. The van der Waals surface area contributed by atoms with Gasteiger partial charge in [0, 0.05) is 6.54 Å². The number of unbranched alkanes of at least 4 members (excludes halogenated alkanes) is 1. The van der Waals surface area contributed by atoms with Gasteiger partial charge in [-0.1, -0.05) is 13.3 Å². The highest BCUT2D eigenvalue weighted by molar-refractivity contribution is 5.96. The van der Waals surface area contributed by atoms with Crippen molar-refractivity contribution >= 4 is 17.8 Å². The van der Waals surface area contributed by atoms with Gasteiger partial charge in [-0.3, -0.25) is 14.4 Å². The van der Waals surface area contributed by atoms with Crippen LogP contribution in [0.3, 0.4) is 0 Å². The number of fused-ring (bicyclic) bond motifs is 1. The summed E-state index contributed by atoms with van der Waals surface area (Å²) in [4.78, 5) is 38.5. The van der Waals surface area contributed by atoms with Crippen molar-refractivity contribution in [1.82, 2.24) is 9.80 Å². The molecule has 0 spiro atoms. The van der Waals surface area contributed by atoms with Gasteiger partial charge in [-0.2, -0.15) is 0 Å². The summed E-state index contributed by atoms with van der Waals surface area (Å²) in [5.41, 5.74) is 0. The molecule has 0 bridgehead atoms. The van der Waals surface area contributed by atoms with Gasteiger partial charge in [0.15, 0.2) is 0 Å². The lowest BCUT2D eigenvalue weighted by Crippen LogP contribution is -2.58. The average Bonchev–Trinajstić information content (AvgIpc) is 2.86. The molecule has 19 heavy (non-hydrogen) atoms. The van der Waals surface area contributed by atoms with E-state index in [1.165, 1.54) is 4.90 Å². The molecule has 2 aliphatic rings. The van der Waals surface area contributed by atoms with Gasteiger partial charge in [-0.05, 0) is 19.3 Å². The fourth-order valence-corrected chi connectivity index (χ4v) is 2.53. The third-order valence-corrected chi connectivity index (χ3v) is 3.58. The van der Waals surface area contributed by atoms with E-state index in [0.717, 1.165) is 19.3 Å². The maximum absolute atomic E-state index is 12.1. The Morgan fingerprint density at radius 1 is 1.42 bits per heavy atom. The third-order valence-electron chi connectivity index (χ3n) is 3.58. The number of nitrogens with zero attached hydrogens (tertiary/aromatic N) is 2. The Kier molecular flexibility index (Phi) is 4.39. The number of hydrogen-bond acceptors (Lipinski definition) is 4. The number of rotatable bonds is 5. The van der Waals surface area contributed by atoms with Crippen LogP contribution < -0.4 is 0 Å². The Hall–Kier alpha value is -1.59. The topological polar surface area (TPSA) is 66.9 Å². The molecule has 2 fully saturated rings. The van der Waals surface area contributed by atoms with Crippen molar-refractivity contribution < 1.29 is 19.1 Å². The van der Waals surface area contributed by atoms with Gasteiger partial charge in [0.05, 0.1) is 6.61 Å². The summed E-state index contributed by atoms with van der Waals surface area (Å²) < 4.78 is 5.02. The summed E-state index contributed by atoms with van der Waals surface area (Å²) in [7, 11) is 0. The van der Waals surface area contributed by atoms with Crippen LogP contribution in [0.2, 0.25) is 0 Å². The van der Waals surface area contributed by atoms with E-state index >= 15 is 0 Å². The summed E-state index contributed by atoms with van der Waals surface area (Å²) in [5.74, 6) is -0.617. The van der Waals surface area contributed by atoms with E-state index in [4.69, 9.17) is 4.74 Å². The van der Waals surface area contributed by atoms with E-state index in [0.29, 0.717) is 19.6 Å². The maximum atomic E-state index is 12.1. The third kappa shape index (κ3) is 3.05. The molecular formula is C13H20N2O4. The summed E-state index contributed by atoms with van der Waals surface area (Å²) in [6, 6.07) is -0.357. The number of hydrogen-bond donors (Lipinski definition) is 0. The largest absolute Gasteiger partial charge is 0.464 e. The first-order chi connectivity index (χ1) is 9.13. The number of amides is 2. The molecule has 1 atom stereocenters. The van der Waals surface area contributed by atoms with Crippen molar-refractivity contribution in [1.29, 1.82) is 0 Å². The molecule has 2 saturated heterocycles. The molecule has 0 saturated carbocycles. The molecule has 0 N–H and O–H groups in total. The highest BCUT2D eigenvalue weighted by Crippen LogP contribution is 2.23. The first-order valence-electron chi connectivity index (χ1n) is 6.87. The van der Waals surface area contributed by atoms with Crippen LogP contribution in [0.4, 0.5) is 0 Å². The number of carbonyl (C=O) groups is 3. The van der Waals surface area contributed by atoms with Gasteiger partial charge in [0.2, 0.25) is 11.8 Å². The van der Waals surface area contributed by atoms with E-state index in [-0.39, 0.29) is 30.9 Å². The summed E-state index contributed by atoms with van der Waals surface area (Å²) in [6.07, 6.45) is 3.32. The molecule has 6 heteroatoms. The number of esters is 1. The average molecular weight is 268 g/mol. The van der Waals surface area contributed by atoms with Crippen LogP contribution in [0, 0.1) is 0 Å². The molecular weight excluding hydrogens is 248 g/mol. The predicted molar refractivity (Wildman–Crippen MR) is 67.2 cm³/mol. The lowest BCUT2D eigenvalue weighted by atomic mass is 10.1. The van der Waals surface area contributed by atoms with Crippen LogP contribution in [0.25, 0.3) is 0 Å². The Labute approximate surface area is 112 Å². The van der Waals surface area contributed by atoms with Crippen LogP contribution in [0.15, 0.2) is 0 Å². The van der Waals surface area contributed by atoms with Crippen LogP contribution in [0.1, 0.15) is 32.6 Å². The molecule has 0 radical (unpaired) electrons. The molecule has 0 aliphatic carbocycles. The first kappa shape index (κ1) is 13.8. The molecule has 2 rings (SSSR count). The standard InChI is InChI=1S/C13H20N2O4/c1-2-3-7-19-12(17)9-14-8-11(16)15-6-4-5-10(15)13(14)18/h10H,2-9H2,1H3. The summed E-state index contributed by atoms with van der Waals surface area (Å²) >= 11 is 0. The van der Waals surface area contributed by atoms with Gasteiger partial charge in [0.1, 0.15) is 19.1 Å². The van der Waals surface area contributed by atoms with Crippen molar-refractivity contribution in [2.24, 2.45) is 0 Å². The van der Waals surface area contributed by atoms with E-state index in [2.05, 4.69) is 0 Å². The predicted octanol–water partition coefficient (Wildman–Crippen LogP) is 0.163. The van der Waals surface area contributed by atoms with Crippen LogP contribution in [-0.4, -0.2) is 59.9 Å². The Morgan fingerprint density at radius 3 is 2.95 bits per heavy atom. The van der Waals surface area contributed by atoms with E-state index in [1.54, 1.807) is 4.90 Å². The zero-order valence-electron chi connectivity index (χ0n) is 11.3. The number of carbonyl (C=O) groups excluding carboxylic acids is 3. The monoisotopic (exact) mass is 268 g/mol. The fourth-order valence-electron chi connectivity index (χ4n) is 2.53. The van der Waals surface area contributed by atoms with Gasteiger partial charge in [0.25, 0.3) is 0 Å². The molecule has 0 aromatic carbocycles. The lowest BCUT2D eigenvalue weighted by molar-refractivity contribution is -0.159. The molecule has 2 amide bonds. The second-order valence-electron chi connectivity index (χ2n) is 5.01. The number of ether oxygens (including phenoxy) is 1. The van der Waals surface area contributed by atoms with Gasteiger partial charge < -0.3 is 14.5 Å². The second kappa shape index (κ2) is 6.04.